The Hall–Kier alpha value is -3.71. The summed E-state index contributed by atoms with van der Waals surface area (Å²) in [7, 11) is 0. The van der Waals surface area contributed by atoms with E-state index in [-0.39, 0.29) is 18.8 Å². The number of carboxylic acids is 1. The zero-order chi connectivity index (χ0) is 25.7. The van der Waals surface area contributed by atoms with Gasteiger partial charge in [0.1, 0.15) is 18.1 Å². The predicted octanol–water partition coefficient (Wildman–Crippen LogP) is -2.84. The molecule has 0 aliphatic rings. The van der Waals surface area contributed by atoms with E-state index in [1.54, 1.807) is 30.3 Å². The monoisotopic (exact) mass is 479 g/mol. The minimum Gasteiger partial charge on any atom is -0.480 e. The van der Waals surface area contributed by atoms with E-state index in [2.05, 4.69) is 20.9 Å². The van der Waals surface area contributed by atoms with Gasteiger partial charge in [0.25, 0.3) is 0 Å². The Bertz CT molecular complexity index is 860. The Labute approximate surface area is 197 Å². The highest BCUT2D eigenvalue weighted by Gasteiger charge is 2.28. The van der Waals surface area contributed by atoms with Crippen LogP contribution < -0.4 is 33.2 Å². The molecule has 1 rings (SSSR count). The SMILES string of the molecule is CC(NC(=O)C(Cc1ccccc1)NC(=O)C(N)CCCN=C(N)N)C(=O)NC(CO)C(=O)O. The second kappa shape index (κ2) is 14.4. The molecule has 3 amide bonds. The van der Waals surface area contributed by atoms with Gasteiger partial charge in [-0.3, -0.25) is 19.4 Å². The summed E-state index contributed by atoms with van der Waals surface area (Å²) in [6.45, 7) is 0.838. The Morgan fingerprint density at radius 2 is 1.59 bits per heavy atom. The molecule has 13 nitrogen and oxygen atoms in total. The Kier molecular flexibility index (Phi) is 12.0. The van der Waals surface area contributed by atoms with Gasteiger partial charge in [-0.15, -0.1) is 0 Å². The topological polar surface area (TPSA) is 235 Å². The lowest BCUT2D eigenvalue weighted by molar-refractivity contribution is -0.143. The molecule has 0 saturated carbocycles. The van der Waals surface area contributed by atoms with E-state index in [0.29, 0.717) is 13.0 Å². The molecule has 34 heavy (non-hydrogen) atoms. The first-order valence-corrected chi connectivity index (χ1v) is 10.6. The number of nitrogens with zero attached hydrogens (tertiary/aromatic N) is 1. The lowest BCUT2D eigenvalue weighted by Crippen LogP contribution is -2.57. The van der Waals surface area contributed by atoms with Gasteiger partial charge in [0, 0.05) is 13.0 Å². The number of nitrogens with one attached hydrogen (secondary N) is 3. The van der Waals surface area contributed by atoms with Crippen LogP contribution in [0.2, 0.25) is 0 Å². The van der Waals surface area contributed by atoms with E-state index in [1.807, 2.05) is 0 Å². The number of aliphatic hydroxyl groups is 1. The highest BCUT2D eigenvalue weighted by Crippen LogP contribution is 2.05. The van der Waals surface area contributed by atoms with Crippen LogP contribution in [0.3, 0.4) is 0 Å². The van der Waals surface area contributed by atoms with Gasteiger partial charge in [-0.2, -0.15) is 0 Å². The lowest BCUT2D eigenvalue weighted by Gasteiger charge is -2.23. The molecule has 0 spiro atoms. The van der Waals surface area contributed by atoms with Gasteiger partial charge in [0.2, 0.25) is 17.7 Å². The van der Waals surface area contributed by atoms with Gasteiger partial charge in [-0.25, -0.2) is 4.79 Å². The van der Waals surface area contributed by atoms with E-state index in [4.69, 9.17) is 27.4 Å². The third kappa shape index (κ3) is 10.3. The maximum Gasteiger partial charge on any atom is 0.328 e. The number of carbonyl (C=O) groups is 4. The minimum atomic E-state index is -1.51. The number of hydrogen-bond acceptors (Lipinski definition) is 7. The zero-order valence-corrected chi connectivity index (χ0v) is 18.9. The molecule has 1 aromatic carbocycles. The molecule has 1 aromatic rings. The Morgan fingerprint density at radius 1 is 0.971 bits per heavy atom. The van der Waals surface area contributed by atoms with Gasteiger partial charge < -0.3 is 43.4 Å². The van der Waals surface area contributed by atoms with Crippen LogP contribution in [0.25, 0.3) is 0 Å². The maximum absolute atomic E-state index is 12.9. The van der Waals surface area contributed by atoms with Gasteiger partial charge >= 0.3 is 5.97 Å². The Morgan fingerprint density at radius 3 is 2.15 bits per heavy atom. The average molecular weight is 480 g/mol. The number of aliphatic hydroxyl groups excluding tert-OH is 1. The average Bonchev–Trinajstić information content (AvgIpc) is 2.79. The van der Waals surface area contributed by atoms with Crippen molar-refractivity contribution in [3.63, 3.8) is 0 Å². The van der Waals surface area contributed by atoms with Crippen LogP contribution >= 0.6 is 0 Å². The summed E-state index contributed by atoms with van der Waals surface area (Å²) >= 11 is 0. The first-order chi connectivity index (χ1) is 16.0. The smallest absolute Gasteiger partial charge is 0.328 e. The van der Waals surface area contributed by atoms with Crippen molar-refractivity contribution in [2.45, 2.75) is 50.4 Å². The fraction of sp³-hybridized carbons (Fsp3) is 0.476. The lowest BCUT2D eigenvalue weighted by atomic mass is 10.0. The van der Waals surface area contributed by atoms with Crippen molar-refractivity contribution < 1.29 is 29.4 Å². The van der Waals surface area contributed by atoms with Crippen molar-refractivity contribution in [1.29, 1.82) is 0 Å². The third-order valence-corrected chi connectivity index (χ3v) is 4.77. The molecule has 0 aliphatic carbocycles. The number of aliphatic carboxylic acids is 1. The van der Waals surface area contributed by atoms with Gasteiger partial charge in [-0.05, 0) is 25.3 Å². The van der Waals surface area contributed by atoms with E-state index < -0.39 is 54.5 Å². The number of benzene rings is 1. The van der Waals surface area contributed by atoms with Crippen LogP contribution in [0, 0.1) is 0 Å². The van der Waals surface area contributed by atoms with E-state index in [1.165, 1.54) is 6.92 Å². The molecule has 0 radical (unpaired) electrons. The molecule has 0 saturated heterocycles. The number of carboxylic acid groups (broad SMARTS) is 1. The second-order valence-corrected chi connectivity index (χ2v) is 7.62. The third-order valence-electron chi connectivity index (χ3n) is 4.77. The minimum absolute atomic E-state index is 0.0653. The number of aliphatic imine (C=N–C) groups is 1. The van der Waals surface area contributed by atoms with Crippen molar-refractivity contribution in [2.75, 3.05) is 13.2 Å². The molecule has 188 valence electrons. The first kappa shape index (κ1) is 28.3. The van der Waals surface area contributed by atoms with Crippen molar-refractivity contribution in [3.8, 4) is 0 Å². The fourth-order valence-electron chi connectivity index (χ4n) is 2.85. The standard InChI is InChI=1S/C21H33N7O6/c1-12(17(30)28-16(11-29)20(33)34)26-19(32)15(10-13-6-3-2-4-7-13)27-18(31)14(22)8-5-9-25-21(23)24/h2-4,6-7,12,14-16,29H,5,8-11,22H2,1H3,(H,26,32)(H,27,31)(H,28,30)(H,33,34)(H4,23,24,25). The molecule has 0 aliphatic heterocycles. The molecule has 0 fully saturated rings. The zero-order valence-electron chi connectivity index (χ0n) is 18.9. The maximum atomic E-state index is 12.9. The summed E-state index contributed by atoms with van der Waals surface area (Å²) in [5.74, 6) is -3.52. The number of carbonyl (C=O) groups excluding carboxylic acids is 3. The number of nitrogens with two attached hydrogens (primary N) is 3. The van der Waals surface area contributed by atoms with Gasteiger partial charge in [-0.1, -0.05) is 30.3 Å². The van der Waals surface area contributed by atoms with Gasteiger partial charge in [0.05, 0.1) is 12.6 Å². The summed E-state index contributed by atoms with van der Waals surface area (Å²) in [5, 5.41) is 25.2. The highest BCUT2D eigenvalue weighted by molar-refractivity contribution is 5.94. The number of amides is 3. The molecular formula is C21H33N7O6. The van der Waals surface area contributed by atoms with Crippen LogP contribution in [0.15, 0.2) is 35.3 Å². The molecular weight excluding hydrogens is 446 g/mol. The first-order valence-electron chi connectivity index (χ1n) is 10.6. The second-order valence-electron chi connectivity index (χ2n) is 7.62. The van der Waals surface area contributed by atoms with Crippen molar-refractivity contribution >= 4 is 29.7 Å². The number of guanidine groups is 1. The fourth-order valence-corrected chi connectivity index (χ4v) is 2.85. The predicted molar refractivity (Wildman–Crippen MR) is 124 cm³/mol. The van der Waals surface area contributed by atoms with Crippen molar-refractivity contribution in [2.24, 2.45) is 22.2 Å². The molecule has 0 bridgehead atoms. The summed E-state index contributed by atoms with van der Waals surface area (Å²) in [6, 6.07) is 4.29. The summed E-state index contributed by atoms with van der Waals surface area (Å²) in [5.41, 5.74) is 17.2. The number of rotatable bonds is 14. The molecule has 11 N–H and O–H groups in total. The summed E-state index contributed by atoms with van der Waals surface area (Å²) < 4.78 is 0. The van der Waals surface area contributed by atoms with Gasteiger partial charge in [0.15, 0.2) is 5.96 Å². The molecule has 0 heterocycles. The summed E-state index contributed by atoms with van der Waals surface area (Å²) in [4.78, 5) is 52.5. The van der Waals surface area contributed by atoms with E-state index in [9.17, 15) is 19.2 Å². The largest absolute Gasteiger partial charge is 0.480 e. The van der Waals surface area contributed by atoms with Crippen LogP contribution in [0.1, 0.15) is 25.3 Å². The molecule has 0 aromatic heterocycles. The molecule has 13 heteroatoms. The molecule has 4 atom stereocenters. The van der Waals surface area contributed by atoms with Crippen molar-refractivity contribution in [1.82, 2.24) is 16.0 Å². The van der Waals surface area contributed by atoms with E-state index >= 15 is 0 Å². The highest BCUT2D eigenvalue weighted by atomic mass is 16.4. The van der Waals surface area contributed by atoms with Crippen LogP contribution in [0.4, 0.5) is 0 Å². The van der Waals surface area contributed by atoms with Crippen LogP contribution in [-0.4, -0.2) is 77.2 Å². The van der Waals surface area contributed by atoms with Crippen LogP contribution in [-0.2, 0) is 25.6 Å². The quantitative estimate of drug-likeness (QED) is 0.0778. The molecule has 4 unspecified atom stereocenters. The number of hydrogen-bond donors (Lipinski definition) is 8. The summed E-state index contributed by atoms with van der Waals surface area (Å²) in [6.07, 6.45) is 0.857. The van der Waals surface area contributed by atoms with Crippen molar-refractivity contribution in [3.05, 3.63) is 35.9 Å². The van der Waals surface area contributed by atoms with E-state index in [0.717, 1.165) is 5.56 Å². The Balaban J connectivity index is 2.83. The van der Waals surface area contributed by atoms with Crippen LogP contribution in [0.5, 0.6) is 0 Å². The normalized spacial score (nSPS) is 14.1.